The molecule has 0 unspecified atom stereocenters. The van der Waals surface area contributed by atoms with E-state index in [0.717, 1.165) is 11.3 Å². The first-order chi connectivity index (χ1) is 11.1. The van der Waals surface area contributed by atoms with E-state index in [1.165, 1.54) is 0 Å². The summed E-state index contributed by atoms with van der Waals surface area (Å²) in [7, 11) is 1.61. The lowest BCUT2D eigenvalue weighted by Gasteiger charge is -2.16. The zero-order valence-electron chi connectivity index (χ0n) is 13.6. The van der Waals surface area contributed by atoms with E-state index in [1.54, 1.807) is 26.2 Å². The highest BCUT2D eigenvalue weighted by atomic mass is 16.5. The van der Waals surface area contributed by atoms with E-state index < -0.39 is 5.97 Å². The van der Waals surface area contributed by atoms with Gasteiger partial charge in [-0.05, 0) is 37.6 Å². The minimum Gasteiger partial charge on any atom is -0.493 e. The Morgan fingerprint density at radius 2 is 1.96 bits per heavy atom. The number of nitrogens with one attached hydrogen (secondary N) is 1. The summed E-state index contributed by atoms with van der Waals surface area (Å²) in [5.41, 5.74) is 2.74. The van der Waals surface area contributed by atoms with Gasteiger partial charge in [-0.1, -0.05) is 18.2 Å². The summed E-state index contributed by atoms with van der Waals surface area (Å²) in [6.07, 6.45) is 0. The van der Waals surface area contributed by atoms with E-state index in [1.807, 2.05) is 31.2 Å². The van der Waals surface area contributed by atoms with Crippen molar-refractivity contribution in [1.82, 2.24) is 0 Å². The molecule has 0 aliphatic rings. The van der Waals surface area contributed by atoms with Gasteiger partial charge in [0.15, 0.2) is 11.5 Å². The monoisotopic (exact) mass is 315 g/mol. The molecule has 0 heterocycles. The van der Waals surface area contributed by atoms with Crippen molar-refractivity contribution in [3.63, 3.8) is 0 Å². The van der Waals surface area contributed by atoms with Gasteiger partial charge in [-0.25, -0.2) is 4.79 Å². The lowest BCUT2D eigenvalue weighted by atomic mass is 10.1. The number of hydrogen-bond donors (Lipinski definition) is 2. The Morgan fingerprint density at radius 1 is 1.22 bits per heavy atom. The van der Waals surface area contributed by atoms with Crippen LogP contribution in [-0.2, 0) is 6.54 Å². The van der Waals surface area contributed by atoms with Crippen molar-refractivity contribution in [2.45, 2.75) is 20.4 Å². The Hall–Kier alpha value is -2.69. The third kappa shape index (κ3) is 3.74. The molecule has 0 atom stereocenters. The van der Waals surface area contributed by atoms with Gasteiger partial charge in [-0.3, -0.25) is 0 Å². The first kappa shape index (κ1) is 16.7. The second-order valence-corrected chi connectivity index (χ2v) is 5.02. The van der Waals surface area contributed by atoms with E-state index in [9.17, 15) is 9.90 Å². The molecule has 2 N–H and O–H groups in total. The molecule has 5 heteroatoms. The summed E-state index contributed by atoms with van der Waals surface area (Å²) in [6.45, 7) is 4.77. The zero-order chi connectivity index (χ0) is 16.8. The lowest BCUT2D eigenvalue weighted by molar-refractivity contribution is 0.0696. The summed E-state index contributed by atoms with van der Waals surface area (Å²) >= 11 is 0. The van der Waals surface area contributed by atoms with Crippen LogP contribution in [0.1, 0.15) is 28.4 Å². The van der Waals surface area contributed by atoms with E-state index in [-0.39, 0.29) is 0 Å². The van der Waals surface area contributed by atoms with Crippen LogP contribution >= 0.6 is 0 Å². The van der Waals surface area contributed by atoms with Crippen molar-refractivity contribution in [2.75, 3.05) is 19.0 Å². The maximum Gasteiger partial charge on any atom is 0.336 e. The lowest BCUT2D eigenvalue weighted by Crippen LogP contribution is -2.07. The molecule has 0 amide bonds. The molecule has 122 valence electrons. The van der Waals surface area contributed by atoms with Crippen LogP contribution in [0.3, 0.4) is 0 Å². The van der Waals surface area contributed by atoms with Gasteiger partial charge in [0.2, 0.25) is 0 Å². The van der Waals surface area contributed by atoms with E-state index >= 15 is 0 Å². The molecule has 0 aliphatic carbocycles. The second kappa shape index (κ2) is 7.54. The Morgan fingerprint density at radius 3 is 2.61 bits per heavy atom. The summed E-state index contributed by atoms with van der Waals surface area (Å²) < 4.78 is 11.0. The molecule has 0 aliphatic heterocycles. The number of carboxylic acid groups (broad SMARTS) is 1. The quantitative estimate of drug-likeness (QED) is 0.815. The van der Waals surface area contributed by atoms with Crippen molar-refractivity contribution < 1.29 is 19.4 Å². The van der Waals surface area contributed by atoms with Crippen LogP contribution in [0.2, 0.25) is 0 Å². The summed E-state index contributed by atoms with van der Waals surface area (Å²) in [6, 6.07) is 10.9. The predicted molar refractivity (Wildman–Crippen MR) is 89.6 cm³/mol. The molecule has 0 bridgehead atoms. The summed E-state index contributed by atoms with van der Waals surface area (Å²) in [5, 5.41) is 12.5. The van der Waals surface area contributed by atoms with E-state index in [0.29, 0.717) is 35.8 Å². The summed E-state index contributed by atoms with van der Waals surface area (Å²) in [5.74, 6) is 0.460. The number of para-hydroxylation sites is 1. The zero-order valence-corrected chi connectivity index (χ0v) is 13.6. The van der Waals surface area contributed by atoms with Gasteiger partial charge < -0.3 is 19.9 Å². The summed E-state index contributed by atoms with van der Waals surface area (Å²) in [4.78, 5) is 11.2. The Balaban J connectivity index is 2.25. The van der Waals surface area contributed by atoms with Crippen LogP contribution in [0, 0.1) is 6.92 Å². The number of carbonyl (C=O) groups is 1. The Kier molecular flexibility index (Phi) is 5.46. The second-order valence-electron chi connectivity index (χ2n) is 5.02. The van der Waals surface area contributed by atoms with E-state index in [2.05, 4.69) is 5.32 Å². The fourth-order valence-corrected chi connectivity index (χ4v) is 2.42. The van der Waals surface area contributed by atoms with Gasteiger partial charge in [-0.2, -0.15) is 0 Å². The number of methoxy groups -OCH3 is 1. The number of benzene rings is 2. The topological polar surface area (TPSA) is 67.8 Å². The number of hydrogen-bond acceptors (Lipinski definition) is 4. The van der Waals surface area contributed by atoms with Gasteiger partial charge in [0.05, 0.1) is 19.3 Å². The fraction of sp³-hybridized carbons (Fsp3) is 0.278. The third-order valence-corrected chi connectivity index (χ3v) is 3.60. The predicted octanol–water partition coefficient (Wildman–Crippen LogP) is 3.71. The van der Waals surface area contributed by atoms with Crippen LogP contribution < -0.4 is 14.8 Å². The molecular formula is C18H21NO4. The van der Waals surface area contributed by atoms with Crippen molar-refractivity contribution >= 4 is 11.7 Å². The normalized spacial score (nSPS) is 10.2. The average molecular weight is 315 g/mol. The molecule has 0 saturated carbocycles. The average Bonchev–Trinajstić information content (AvgIpc) is 2.54. The highest BCUT2D eigenvalue weighted by molar-refractivity contribution is 5.91. The highest BCUT2D eigenvalue weighted by Crippen LogP contribution is 2.32. The third-order valence-electron chi connectivity index (χ3n) is 3.60. The van der Waals surface area contributed by atoms with Gasteiger partial charge in [0.25, 0.3) is 0 Å². The molecule has 0 aromatic heterocycles. The van der Waals surface area contributed by atoms with Crippen molar-refractivity contribution in [2.24, 2.45) is 0 Å². The number of anilines is 1. The van der Waals surface area contributed by atoms with Gasteiger partial charge in [0, 0.05) is 17.8 Å². The van der Waals surface area contributed by atoms with Crippen molar-refractivity contribution in [3.05, 3.63) is 53.1 Å². The standard InChI is InChI=1S/C18H21NO4/c1-4-23-17-13(7-5-10-16(17)22-3)11-19-15-9-6-8-14(12(15)2)18(20)21/h5-10,19H,4,11H2,1-3H3,(H,20,21). The molecule has 0 radical (unpaired) electrons. The molecule has 2 aromatic rings. The molecule has 23 heavy (non-hydrogen) atoms. The van der Waals surface area contributed by atoms with E-state index in [4.69, 9.17) is 9.47 Å². The first-order valence-corrected chi connectivity index (χ1v) is 7.44. The highest BCUT2D eigenvalue weighted by Gasteiger charge is 2.12. The van der Waals surface area contributed by atoms with Crippen LogP contribution in [0.25, 0.3) is 0 Å². The molecule has 0 spiro atoms. The van der Waals surface area contributed by atoms with Crippen molar-refractivity contribution in [3.8, 4) is 11.5 Å². The Labute approximate surface area is 135 Å². The number of carboxylic acids is 1. The number of aromatic carboxylic acids is 1. The smallest absolute Gasteiger partial charge is 0.336 e. The van der Waals surface area contributed by atoms with Crippen LogP contribution in [0.15, 0.2) is 36.4 Å². The molecule has 2 rings (SSSR count). The molecular weight excluding hydrogens is 294 g/mol. The maximum atomic E-state index is 11.2. The molecule has 0 saturated heterocycles. The maximum absolute atomic E-state index is 11.2. The number of rotatable bonds is 7. The van der Waals surface area contributed by atoms with Crippen LogP contribution in [-0.4, -0.2) is 24.8 Å². The van der Waals surface area contributed by atoms with Crippen LogP contribution in [0.5, 0.6) is 11.5 Å². The largest absolute Gasteiger partial charge is 0.493 e. The first-order valence-electron chi connectivity index (χ1n) is 7.44. The van der Waals surface area contributed by atoms with Crippen molar-refractivity contribution in [1.29, 1.82) is 0 Å². The SMILES string of the molecule is CCOc1c(CNc2cccc(C(=O)O)c2C)cccc1OC. The molecule has 5 nitrogen and oxygen atoms in total. The number of ether oxygens (including phenoxy) is 2. The molecule has 2 aromatic carbocycles. The van der Waals surface area contributed by atoms with Crippen LogP contribution in [0.4, 0.5) is 5.69 Å². The van der Waals surface area contributed by atoms with Gasteiger partial charge in [0.1, 0.15) is 0 Å². The van der Waals surface area contributed by atoms with Gasteiger partial charge >= 0.3 is 5.97 Å². The van der Waals surface area contributed by atoms with Gasteiger partial charge in [-0.15, -0.1) is 0 Å². The Bertz CT molecular complexity index is 697. The fourth-order valence-electron chi connectivity index (χ4n) is 2.42. The minimum atomic E-state index is -0.928. The minimum absolute atomic E-state index is 0.297. The molecule has 0 fully saturated rings.